The van der Waals surface area contributed by atoms with Gasteiger partial charge in [0.25, 0.3) is 0 Å². The average Bonchev–Trinajstić information content (AvgIpc) is 2.47. The highest BCUT2D eigenvalue weighted by Gasteiger charge is 2.24. The Morgan fingerprint density at radius 1 is 1.32 bits per heavy atom. The smallest absolute Gasteiger partial charge is 0.240 e. The molecule has 0 unspecified atom stereocenters. The summed E-state index contributed by atoms with van der Waals surface area (Å²) >= 11 is 0. The molecule has 0 spiro atoms. The van der Waals surface area contributed by atoms with E-state index in [2.05, 4.69) is 4.98 Å². The fourth-order valence-electron chi connectivity index (χ4n) is 2.25. The van der Waals surface area contributed by atoms with Crippen LogP contribution in [0.4, 0.5) is 17.1 Å². The molecule has 0 amide bonds. The molecule has 1 aliphatic heterocycles. The highest BCUT2D eigenvalue weighted by atomic mass is 16.5. The van der Waals surface area contributed by atoms with Gasteiger partial charge in [0.05, 0.1) is 17.9 Å². The van der Waals surface area contributed by atoms with Crippen molar-refractivity contribution >= 4 is 23.3 Å². The van der Waals surface area contributed by atoms with Crippen molar-refractivity contribution in [2.45, 2.75) is 0 Å². The first-order chi connectivity index (χ1) is 9.31. The lowest BCUT2D eigenvalue weighted by molar-refractivity contribution is 0.112. The van der Waals surface area contributed by atoms with E-state index < -0.39 is 0 Å². The number of ether oxygens (including phenoxy) is 1. The fourth-order valence-corrected chi connectivity index (χ4v) is 2.25. The lowest BCUT2D eigenvalue weighted by atomic mass is 10.1. The van der Waals surface area contributed by atoms with Crippen molar-refractivity contribution < 1.29 is 9.53 Å². The molecule has 2 aromatic rings. The van der Waals surface area contributed by atoms with Gasteiger partial charge in [0.1, 0.15) is 12.3 Å². The second kappa shape index (κ2) is 4.61. The molecule has 5 nitrogen and oxygen atoms in total. The molecule has 0 atom stereocenters. The number of anilines is 3. The van der Waals surface area contributed by atoms with Crippen LogP contribution in [0.1, 0.15) is 10.4 Å². The van der Waals surface area contributed by atoms with Crippen LogP contribution in [0.5, 0.6) is 5.88 Å². The molecule has 1 aromatic heterocycles. The van der Waals surface area contributed by atoms with Crippen LogP contribution in [0.2, 0.25) is 0 Å². The van der Waals surface area contributed by atoms with Gasteiger partial charge in [0.2, 0.25) is 5.88 Å². The molecule has 19 heavy (non-hydrogen) atoms. The summed E-state index contributed by atoms with van der Waals surface area (Å²) in [6.07, 6.45) is 2.46. The number of hydrogen-bond donors (Lipinski definition) is 1. The zero-order valence-corrected chi connectivity index (χ0v) is 10.2. The molecule has 0 radical (unpaired) electrons. The Hall–Kier alpha value is -2.56. The third-order valence-electron chi connectivity index (χ3n) is 3.10. The summed E-state index contributed by atoms with van der Waals surface area (Å²) in [5.74, 6) is 0.506. The quantitative estimate of drug-likeness (QED) is 0.831. The van der Waals surface area contributed by atoms with Gasteiger partial charge >= 0.3 is 0 Å². The van der Waals surface area contributed by atoms with Crippen LogP contribution in [-0.2, 0) is 0 Å². The molecule has 0 bridgehead atoms. The summed E-state index contributed by atoms with van der Waals surface area (Å²) in [5.41, 5.74) is 8.77. The molecular weight excluding hydrogens is 242 g/mol. The Labute approximate surface area is 110 Å². The molecule has 96 valence electrons. The molecule has 0 fully saturated rings. The van der Waals surface area contributed by atoms with Gasteiger partial charge in [-0.3, -0.25) is 4.79 Å². The number of nitrogen functional groups attached to an aromatic ring is 1. The van der Waals surface area contributed by atoms with Crippen LogP contribution in [0.15, 0.2) is 36.5 Å². The van der Waals surface area contributed by atoms with Crippen LogP contribution in [0, 0.1) is 0 Å². The Morgan fingerprint density at radius 3 is 3.00 bits per heavy atom. The fraction of sp³-hybridized carbons (Fsp3) is 0.143. The first-order valence-electron chi connectivity index (χ1n) is 6.00. The zero-order chi connectivity index (χ0) is 13.2. The molecule has 2 N–H and O–H groups in total. The first-order valence-corrected chi connectivity index (χ1v) is 6.00. The van der Waals surface area contributed by atoms with Crippen molar-refractivity contribution in [3.63, 3.8) is 0 Å². The number of rotatable bonds is 2. The van der Waals surface area contributed by atoms with Crippen molar-refractivity contribution in [1.82, 2.24) is 4.98 Å². The maximum Gasteiger partial charge on any atom is 0.240 e. The van der Waals surface area contributed by atoms with Gasteiger partial charge in [-0.15, -0.1) is 0 Å². The SMILES string of the molecule is Nc1ccnc2c1N(c1ccccc1C=O)CCO2. The largest absolute Gasteiger partial charge is 0.474 e. The number of pyridine rings is 1. The number of hydrogen-bond acceptors (Lipinski definition) is 5. The molecule has 0 saturated heterocycles. The molecule has 1 aliphatic rings. The van der Waals surface area contributed by atoms with Gasteiger partial charge < -0.3 is 15.4 Å². The summed E-state index contributed by atoms with van der Waals surface area (Å²) in [5, 5.41) is 0. The summed E-state index contributed by atoms with van der Waals surface area (Å²) in [6.45, 7) is 1.14. The Morgan fingerprint density at radius 2 is 2.16 bits per heavy atom. The Bertz CT molecular complexity index is 628. The monoisotopic (exact) mass is 255 g/mol. The standard InChI is InChI=1S/C14H13N3O2/c15-11-5-6-16-14-13(11)17(7-8-19-14)12-4-2-1-3-10(12)9-18/h1-6,9H,7-8H2,(H2,15,16). The number of para-hydroxylation sites is 1. The molecule has 2 heterocycles. The predicted octanol–water partition coefficient (Wildman–Crippen LogP) is 2.01. The van der Waals surface area contributed by atoms with Crippen LogP contribution in [-0.4, -0.2) is 24.4 Å². The van der Waals surface area contributed by atoms with E-state index in [1.807, 2.05) is 23.1 Å². The minimum Gasteiger partial charge on any atom is -0.474 e. The average molecular weight is 255 g/mol. The maximum absolute atomic E-state index is 11.2. The highest BCUT2D eigenvalue weighted by molar-refractivity contribution is 5.89. The van der Waals surface area contributed by atoms with Gasteiger partial charge in [0, 0.05) is 11.8 Å². The topological polar surface area (TPSA) is 68.5 Å². The van der Waals surface area contributed by atoms with Crippen molar-refractivity contribution in [3.05, 3.63) is 42.1 Å². The van der Waals surface area contributed by atoms with Crippen molar-refractivity contribution in [2.75, 3.05) is 23.8 Å². The molecule has 0 aliphatic carbocycles. The number of benzene rings is 1. The normalized spacial score (nSPS) is 13.6. The predicted molar refractivity (Wildman–Crippen MR) is 73.0 cm³/mol. The van der Waals surface area contributed by atoms with E-state index in [0.29, 0.717) is 30.3 Å². The number of carbonyl (C=O) groups is 1. The summed E-state index contributed by atoms with van der Waals surface area (Å²) in [7, 11) is 0. The van der Waals surface area contributed by atoms with E-state index in [4.69, 9.17) is 10.5 Å². The number of carbonyl (C=O) groups excluding carboxylic acids is 1. The molecular formula is C14H13N3O2. The molecule has 5 heteroatoms. The minimum atomic E-state index is 0.506. The van der Waals surface area contributed by atoms with Crippen molar-refractivity contribution in [1.29, 1.82) is 0 Å². The lowest BCUT2D eigenvalue weighted by Gasteiger charge is -2.32. The number of nitrogens with zero attached hydrogens (tertiary/aromatic N) is 2. The van der Waals surface area contributed by atoms with Crippen LogP contribution >= 0.6 is 0 Å². The van der Waals surface area contributed by atoms with Gasteiger partial charge in [-0.05, 0) is 18.2 Å². The molecule has 3 rings (SSSR count). The van der Waals surface area contributed by atoms with Crippen LogP contribution in [0.3, 0.4) is 0 Å². The van der Waals surface area contributed by atoms with Gasteiger partial charge in [0.15, 0.2) is 6.29 Å². The molecule has 1 aromatic carbocycles. The zero-order valence-electron chi connectivity index (χ0n) is 10.2. The van der Waals surface area contributed by atoms with Crippen molar-refractivity contribution in [3.8, 4) is 5.88 Å². The van der Waals surface area contributed by atoms with E-state index in [-0.39, 0.29) is 0 Å². The lowest BCUT2D eigenvalue weighted by Crippen LogP contribution is -2.30. The third-order valence-corrected chi connectivity index (χ3v) is 3.10. The Kier molecular flexibility index (Phi) is 2.79. The first kappa shape index (κ1) is 11.5. The number of aromatic nitrogens is 1. The number of nitrogens with two attached hydrogens (primary N) is 1. The maximum atomic E-state index is 11.2. The van der Waals surface area contributed by atoms with E-state index in [1.54, 1.807) is 18.3 Å². The Balaban J connectivity index is 2.16. The highest BCUT2D eigenvalue weighted by Crippen LogP contribution is 2.40. The summed E-state index contributed by atoms with van der Waals surface area (Å²) in [6, 6.07) is 9.13. The van der Waals surface area contributed by atoms with Gasteiger partial charge in [-0.25, -0.2) is 4.98 Å². The summed E-state index contributed by atoms with van der Waals surface area (Å²) < 4.78 is 5.51. The second-order valence-corrected chi connectivity index (χ2v) is 4.23. The number of aldehydes is 1. The van der Waals surface area contributed by atoms with E-state index >= 15 is 0 Å². The summed E-state index contributed by atoms with van der Waals surface area (Å²) in [4.78, 5) is 17.3. The molecule has 0 saturated carbocycles. The van der Waals surface area contributed by atoms with Gasteiger partial charge in [-0.1, -0.05) is 12.1 Å². The number of fused-ring (bicyclic) bond motifs is 1. The van der Waals surface area contributed by atoms with Crippen LogP contribution < -0.4 is 15.4 Å². The van der Waals surface area contributed by atoms with Gasteiger partial charge in [-0.2, -0.15) is 0 Å². The van der Waals surface area contributed by atoms with E-state index in [1.165, 1.54) is 0 Å². The van der Waals surface area contributed by atoms with Crippen molar-refractivity contribution in [2.24, 2.45) is 0 Å². The minimum absolute atomic E-state index is 0.506. The second-order valence-electron chi connectivity index (χ2n) is 4.23. The van der Waals surface area contributed by atoms with E-state index in [0.717, 1.165) is 17.7 Å². The third kappa shape index (κ3) is 1.89. The van der Waals surface area contributed by atoms with Crippen LogP contribution in [0.25, 0.3) is 0 Å². The van der Waals surface area contributed by atoms with E-state index in [9.17, 15) is 4.79 Å².